The molecule has 0 aliphatic rings. The maximum Gasteiger partial charge on any atom is 0.218 e. The zero-order valence-electron chi connectivity index (χ0n) is 10.1. The van der Waals surface area contributed by atoms with E-state index in [4.69, 9.17) is 10.5 Å². The third kappa shape index (κ3) is 11.3. The summed E-state index contributed by atoms with van der Waals surface area (Å²) >= 11 is 0. The summed E-state index contributed by atoms with van der Waals surface area (Å²) in [5.74, 6) is 0.419. The van der Waals surface area contributed by atoms with Crippen LogP contribution in [0, 0.1) is 5.92 Å². The summed E-state index contributed by atoms with van der Waals surface area (Å²) in [6, 6.07) is 0.135. The molecule has 0 saturated heterocycles. The summed E-state index contributed by atoms with van der Waals surface area (Å²) in [5, 5.41) is 3.18. The second-order valence-electron chi connectivity index (χ2n) is 4.32. The van der Waals surface area contributed by atoms with Gasteiger partial charge < -0.3 is 15.8 Å². The van der Waals surface area contributed by atoms with E-state index in [1.807, 2.05) is 6.92 Å². The lowest BCUT2D eigenvalue weighted by Crippen LogP contribution is -2.33. The first-order valence-electron chi connectivity index (χ1n) is 5.61. The fourth-order valence-corrected chi connectivity index (χ4v) is 1.17. The minimum absolute atomic E-state index is 0.135. The number of hydrogen-bond acceptors (Lipinski definition) is 3. The molecule has 90 valence electrons. The van der Waals surface area contributed by atoms with Gasteiger partial charge in [-0.3, -0.25) is 4.79 Å². The van der Waals surface area contributed by atoms with Crippen molar-refractivity contribution in [3.8, 4) is 0 Å². The number of amides is 1. The summed E-state index contributed by atoms with van der Waals surface area (Å²) in [7, 11) is 0. The fraction of sp³-hybridized carbons (Fsp3) is 0.909. The Kier molecular flexibility index (Phi) is 8.33. The van der Waals surface area contributed by atoms with Gasteiger partial charge in [-0.15, -0.1) is 0 Å². The van der Waals surface area contributed by atoms with Crippen molar-refractivity contribution in [2.75, 3.05) is 19.8 Å². The van der Waals surface area contributed by atoms with E-state index in [1.54, 1.807) is 0 Å². The van der Waals surface area contributed by atoms with Crippen LogP contribution in [0.2, 0.25) is 0 Å². The first-order valence-corrected chi connectivity index (χ1v) is 5.61. The van der Waals surface area contributed by atoms with Crippen LogP contribution in [0.3, 0.4) is 0 Å². The topological polar surface area (TPSA) is 64.3 Å². The highest BCUT2D eigenvalue weighted by Gasteiger charge is 2.03. The van der Waals surface area contributed by atoms with Gasteiger partial charge in [-0.05, 0) is 19.3 Å². The Balaban J connectivity index is 3.20. The van der Waals surface area contributed by atoms with E-state index in [1.165, 1.54) is 0 Å². The summed E-state index contributed by atoms with van der Waals surface area (Å²) in [5.41, 5.74) is 5.07. The van der Waals surface area contributed by atoms with Gasteiger partial charge in [-0.1, -0.05) is 13.8 Å². The molecule has 0 radical (unpaired) electrons. The Labute approximate surface area is 92.6 Å². The summed E-state index contributed by atoms with van der Waals surface area (Å²) < 4.78 is 5.42. The highest BCUT2D eigenvalue weighted by atomic mass is 16.5. The van der Waals surface area contributed by atoms with E-state index in [0.717, 1.165) is 19.6 Å². The van der Waals surface area contributed by atoms with E-state index in [2.05, 4.69) is 19.2 Å². The molecule has 0 spiro atoms. The molecule has 0 fully saturated rings. The first kappa shape index (κ1) is 14.4. The van der Waals surface area contributed by atoms with Crippen LogP contribution >= 0.6 is 0 Å². The second kappa shape index (κ2) is 8.68. The van der Waals surface area contributed by atoms with E-state index >= 15 is 0 Å². The van der Waals surface area contributed by atoms with E-state index in [9.17, 15) is 4.79 Å². The monoisotopic (exact) mass is 216 g/mol. The van der Waals surface area contributed by atoms with Crippen LogP contribution in [0.15, 0.2) is 0 Å². The lowest BCUT2D eigenvalue weighted by Gasteiger charge is -2.12. The summed E-state index contributed by atoms with van der Waals surface area (Å²) in [4.78, 5) is 10.6. The van der Waals surface area contributed by atoms with Crippen molar-refractivity contribution in [3.05, 3.63) is 0 Å². The average Bonchev–Trinajstić information content (AvgIpc) is 2.09. The SMILES string of the molecule is CC(C)CCOCCNC(C)CC(N)=O. The van der Waals surface area contributed by atoms with Crippen LogP contribution in [0.5, 0.6) is 0 Å². The van der Waals surface area contributed by atoms with Gasteiger partial charge in [0.1, 0.15) is 0 Å². The molecule has 0 aromatic carbocycles. The van der Waals surface area contributed by atoms with Gasteiger partial charge >= 0.3 is 0 Å². The number of carbonyl (C=O) groups is 1. The molecule has 0 aliphatic heterocycles. The minimum atomic E-state index is -0.268. The molecule has 1 unspecified atom stereocenters. The molecule has 0 saturated carbocycles. The van der Waals surface area contributed by atoms with Crippen molar-refractivity contribution in [2.45, 2.75) is 39.7 Å². The lowest BCUT2D eigenvalue weighted by atomic mass is 10.1. The van der Waals surface area contributed by atoms with Gasteiger partial charge in [0.15, 0.2) is 0 Å². The van der Waals surface area contributed by atoms with Gasteiger partial charge in [-0.2, -0.15) is 0 Å². The minimum Gasteiger partial charge on any atom is -0.380 e. The van der Waals surface area contributed by atoms with Gasteiger partial charge in [0, 0.05) is 25.6 Å². The Morgan fingerprint density at radius 2 is 2.00 bits per heavy atom. The van der Waals surface area contributed by atoms with Gasteiger partial charge in [0.2, 0.25) is 5.91 Å². The highest BCUT2D eigenvalue weighted by molar-refractivity contribution is 5.74. The molecule has 4 heteroatoms. The molecule has 1 atom stereocenters. The normalized spacial score (nSPS) is 13.1. The number of primary amides is 1. The smallest absolute Gasteiger partial charge is 0.218 e. The maximum absolute atomic E-state index is 10.6. The molecule has 3 N–H and O–H groups in total. The summed E-state index contributed by atoms with van der Waals surface area (Å²) in [6.45, 7) is 8.57. The third-order valence-corrected chi connectivity index (χ3v) is 2.09. The number of hydrogen-bond donors (Lipinski definition) is 2. The molecular formula is C11H24N2O2. The molecule has 0 rings (SSSR count). The van der Waals surface area contributed by atoms with Crippen LogP contribution in [0.1, 0.15) is 33.6 Å². The van der Waals surface area contributed by atoms with E-state index in [0.29, 0.717) is 18.9 Å². The van der Waals surface area contributed by atoms with Crippen LogP contribution < -0.4 is 11.1 Å². The van der Waals surface area contributed by atoms with Crippen LogP contribution in [0.4, 0.5) is 0 Å². The van der Waals surface area contributed by atoms with Crippen molar-refractivity contribution in [3.63, 3.8) is 0 Å². The number of nitrogens with one attached hydrogen (secondary N) is 1. The standard InChI is InChI=1S/C11H24N2O2/c1-9(2)4-6-15-7-5-13-10(3)8-11(12)14/h9-10,13H,4-8H2,1-3H3,(H2,12,14). The van der Waals surface area contributed by atoms with Crippen LogP contribution in [-0.4, -0.2) is 31.7 Å². The second-order valence-corrected chi connectivity index (χ2v) is 4.32. The van der Waals surface area contributed by atoms with Gasteiger partial charge in [0.25, 0.3) is 0 Å². The molecule has 0 bridgehead atoms. The predicted octanol–water partition coefficient (Wildman–Crippen LogP) is 0.903. The zero-order chi connectivity index (χ0) is 11.7. The average molecular weight is 216 g/mol. The van der Waals surface area contributed by atoms with Crippen molar-refractivity contribution in [1.82, 2.24) is 5.32 Å². The van der Waals surface area contributed by atoms with E-state index < -0.39 is 0 Å². The number of nitrogens with two attached hydrogens (primary N) is 1. The quantitative estimate of drug-likeness (QED) is 0.563. The largest absolute Gasteiger partial charge is 0.380 e. The Hall–Kier alpha value is -0.610. The number of ether oxygens (including phenoxy) is 1. The van der Waals surface area contributed by atoms with Crippen molar-refractivity contribution < 1.29 is 9.53 Å². The maximum atomic E-state index is 10.6. The van der Waals surface area contributed by atoms with Crippen molar-refractivity contribution in [2.24, 2.45) is 11.7 Å². The Morgan fingerprint density at radius 3 is 2.53 bits per heavy atom. The van der Waals surface area contributed by atoms with Crippen LogP contribution in [0.25, 0.3) is 0 Å². The molecule has 0 heterocycles. The molecule has 1 amide bonds. The van der Waals surface area contributed by atoms with E-state index in [-0.39, 0.29) is 11.9 Å². The molecular weight excluding hydrogens is 192 g/mol. The molecule has 0 aromatic rings. The van der Waals surface area contributed by atoms with Gasteiger partial charge in [0.05, 0.1) is 6.61 Å². The third-order valence-electron chi connectivity index (χ3n) is 2.09. The van der Waals surface area contributed by atoms with Crippen molar-refractivity contribution in [1.29, 1.82) is 0 Å². The zero-order valence-corrected chi connectivity index (χ0v) is 10.1. The number of rotatable bonds is 9. The molecule has 0 aliphatic carbocycles. The Bertz CT molecular complexity index is 172. The van der Waals surface area contributed by atoms with Crippen molar-refractivity contribution >= 4 is 5.91 Å². The summed E-state index contributed by atoms with van der Waals surface area (Å²) in [6.07, 6.45) is 1.48. The lowest BCUT2D eigenvalue weighted by molar-refractivity contribution is -0.118. The molecule has 4 nitrogen and oxygen atoms in total. The Morgan fingerprint density at radius 1 is 1.33 bits per heavy atom. The number of carbonyl (C=O) groups excluding carboxylic acids is 1. The van der Waals surface area contributed by atoms with Crippen LogP contribution in [-0.2, 0) is 9.53 Å². The first-order chi connectivity index (χ1) is 7.02. The molecule has 0 aromatic heterocycles. The highest BCUT2D eigenvalue weighted by Crippen LogP contribution is 1.98. The van der Waals surface area contributed by atoms with Gasteiger partial charge in [-0.25, -0.2) is 0 Å². The molecule has 15 heavy (non-hydrogen) atoms. The fourth-order valence-electron chi connectivity index (χ4n) is 1.17. The predicted molar refractivity (Wildman–Crippen MR) is 61.6 cm³/mol.